The lowest BCUT2D eigenvalue weighted by Crippen LogP contribution is -2.18. The van der Waals surface area contributed by atoms with E-state index in [1.54, 1.807) is 32.7 Å². The zero-order chi connectivity index (χ0) is 14.5. The molecule has 1 aromatic carbocycles. The molecule has 0 aliphatic rings. The van der Waals surface area contributed by atoms with Gasteiger partial charge in [-0.05, 0) is 30.6 Å². The minimum absolute atomic E-state index is 0.0193. The van der Waals surface area contributed by atoms with Crippen LogP contribution in [0.3, 0.4) is 0 Å². The Balaban J connectivity index is 2.46. The van der Waals surface area contributed by atoms with Gasteiger partial charge < -0.3 is 19.5 Å². The van der Waals surface area contributed by atoms with Crippen molar-refractivity contribution in [2.24, 2.45) is 0 Å². The van der Waals surface area contributed by atoms with E-state index in [9.17, 15) is 0 Å². The van der Waals surface area contributed by atoms with Crippen molar-refractivity contribution < 1.29 is 14.2 Å². The van der Waals surface area contributed by atoms with Crippen molar-refractivity contribution in [2.75, 3.05) is 28.4 Å². The van der Waals surface area contributed by atoms with Gasteiger partial charge in [-0.3, -0.25) is 0 Å². The summed E-state index contributed by atoms with van der Waals surface area (Å²) in [5.74, 6) is 2.45. The van der Waals surface area contributed by atoms with E-state index in [-0.39, 0.29) is 6.04 Å². The van der Waals surface area contributed by atoms with Crippen LogP contribution in [0.5, 0.6) is 17.2 Å². The highest BCUT2D eigenvalue weighted by Crippen LogP contribution is 2.39. The van der Waals surface area contributed by atoms with Gasteiger partial charge in [0.25, 0.3) is 0 Å². The third-order valence-corrected chi connectivity index (χ3v) is 4.14. The van der Waals surface area contributed by atoms with Gasteiger partial charge in [-0.25, -0.2) is 0 Å². The van der Waals surface area contributed by atoms with Crippen molar-refractivity contribution in [1.82, 2.24) is 5.32 Å². The molecule has 0 saturated carbocycles. The number of ether oxygens (including phenoxy) is 3. The molecule has 1 atom stereocenters. The second-order valence-corrected chi connectivity index (χ2v) is 5.13. The molecule has 5 heteroatoms. The molecule has 1 N–H and O–H groups in total. The van der Waals surface area contributed by atoms with Gasteiger partial charge >= 0.3 is 0 Å². The van der Waals surface area contributed by atoms with Gasteiger partial charge in [0.05, 0.1) is 32.2 Å². The van der Waals surface area contributed by atoms with E-state index < -0.39 is 0 Å². The minimum Gasteiger partial charge on any atom is -0.497 e. The molecular formula is C15H19NO3S. The molecule has 1 unspecified atom stereocenters. The van der Waals surface area contributed by atoms with Gasteiger partial charge in [-0.2, -0.15) is 0 Å². The molecule has 20 heavy (non-hydrogen) atoms. The lowest BCUT2D eigenvalue weighted by atomic mass is 10.0. The average Bonchev–Trinajstić information content (AvgIpc) is 2.96. The summed E-state index contributed by atoms with van der Waals surface area (Å²) in [6.07, 6.45) is 0. The summed E-state index contributed by atoms with van der Waals surface area (Å²) in [6, 6.07) is 7.83. The first-order valence-electron chi connectivity index (χ1n) is 6.25. The number of nitrogens with one attached hydrogen (secondary N) is 1. The first kappa shape index (κ1) is 14.7. The molecule has 0 radical (unpaired) electrons. The Labute approximate surface area is 123 Å². The number of methoxy groups -OCH3 is 3. The summed E-state index contributed by atoms with van der Waals surface area (Å²) in [5, 5.41) is 5.34. The highest BCUT2D eigenvalue weighted by Gasteiger charge is 2.21. The standard InChI is InChI=1S/C15H19NO3S/c1-16-14(15-12(18-3)7-8-20-15)11-6-5-10(17-2)9-13(11)19-4/h5-9,14,16H,1-4H3. The predicted octanol–water partition coefficient (Wildman–Crippen LogP) is 3.08. The first-order chi connectivity index (χ1) is 9.74. The Bertz CT molecular complexity index is 568. The monoisotopic (exact) mass is 293 g/mol. The zero-order valence-corrected chi connectivity index (χ0v) is 12.9. The number of benzene rings is 1. The quantitative estimate of drug-likeness (QED) is 0.888. The van der Waals surface area contributed by atoms with Gasteiger partial charge in [0.2, 0.25) is 0 Å². The van der Waals surface area contributed by atoms with Crippen LogP contribution in [0, 0.1) is 0 Å². The Morgan fingerprint density at radius 1 is 1.00 bits per heavy atom. The average molecular weight is 293 g/mol. The fraction of sp³-hybridized carbons (Fsp3) is 0.333. The topological polar surface area (TPSA) is 39.7 Å². The lowest BCUT2D eigenvalue weighted by molar-refractivity contribution is 0.386. The summed E-state index contributed by atoms with van der Waals surface area (Å²) in [4.78, 5) is 1.12. The summed E-state index contributed by atoms with van der Waals surface area (Å²) in [7, 11) is 6.92. The molecule has 1 aromatic heterocycles. The van der Waals surface area contributed by atoms with Crippen LogP contribution in [-0.2, 0) is 0 Å². The van der Waals surface area contributed by atoms with Crippen LogP contribution in [0.15, 0.2) is 29.6 Å². The maximum absolute atomic E-state index is 5.49. The van der Waals surface area contributed by atoms with Gasteiger partial charge in [0.15, 0.2) is 0 Å². The number of rotatable bonds is 6. The Morgan fingerprint density at radius 2 is 1.75 bits per heavy atom. The van der Waals surface area contributed by atoms with Crippen LogP contribution in [0.1, 0.15) is 16.5 Å². The number of hydrogen-bond donors (Lipinski definition) is 1. The number of thiophene rings is 1. The van der Waals surface area contributed by atoms with Gasteiger partial charge in [0.1, 0.15) is 17.2 Å². The van der Waals surface area contributed by atoms with Crippen LogP contribution in [0.2, 0.25) is 0 Å². The van der Waals surface area contributed by atoms with Gasteiger partial charge in [-0.1, -0.05) is 0 Å². The highest BCUT2D eigenvalue weighted by atomic mass is 32.1. The van der Waals surface area contributed by atoms with Gasteiger partial charge in [-0.15, -0.1) is 11.3 Å². The summed E-state index contributed by atoms with van der Waals surface area (Å²) in [5.41, 5.74) is 1.05. The molecule has 0 aliphatic carbocycles. The summed E-state index contributed by atoms with van der Waals surface area (Å²) >= 11 is 1.66. The molecule has 0 spiro atoms. The van der Waals surface area contributed by atoms with Crippen molar-refractivity contribution >= 4 is 11.3 Å². The lowest BCUT2D eigenvalue weighted by Gasteiger charge is -2.20. The van der Waals surface area contributed by atoms with E-state index in [0.29, 0.717) is 0 Å². The molecular weight excluding hydrogens is 274 g/mol. The number of hydrogen-bond acceptors (Lipinski definition) is 5. The fourth-order valence-corrected chi connectivity index (χ4v) is 3.16. The molecule has 4 nitrogen and oxygen atoms in total. The Kier molecular flexibility index (Phi) is 4.87. The molecule has 0 fully saturated rings. The second kappa shape index (κ2) is 6.63. The first-order valence-corrected chi connectivity index (χ1v) is 7.13. The van der Waals surface area contributed by atoms with E-state index in [0.717, 1.165) is 27.7 Å². The van der Waals surface area contributed by atoms with Crippen LogP contribution >= 0.6 is 11.3 Å². The second-order valence-electron chi connectivity index (χ2n) is 4.18. The highest BCUT2D eigenvalue weighted by molar-refractivity contribution is 7.10. The van der Waals surface area contributed by atoms with Crippen molar-refractivity contribution in [2.45, 2.75) is 6.04 Å². The van der Waals surface area contributed by atoms with Crippen LogP contribution in [0.4, 0.5) is 0 Å². The molecule has 2 rings (SSSR count). The summed E-state index contributed by atoms with van der Waals surface area (Å²) in [6.45, 7) is 0. The summed E-state index contributed by atoms with van der Waals surface area (Å²) < 4.78 is 16.1. The van der Waals surface area contributed by atoms with E-state index >= 15 is 0 Å². The van der Waals surface area contributed by atoms with Gasteiger partial charge in [0, 0.05) is 11.6 Å². The smallest absolute Gasteiger partial charge is 0.134 e. The Hall–Kier alpha value is -1.72. The zero-order valence-electron chi connectivity index (χ0n) is 12.1. The molecule has 2 aromatic rings. The Morgan fingerprint density at radius 3 is 2.35 bits per heavy atom. The maximum atomic E-state index is 5.49. The van der Waals surface area contributed by atoms with Crippen LogP contribution in [0.25, 0.3) is 0 Å². The van der Waals surface area contributed by atoms with Crippen molar-refractivity contribution in [3.05, 3.63) is 40.1 Å². The molecule has 0 bridgehead atoms. The molecule has 0 amide bonds. The largest absolute Gasteiger partial charge is 0.497 e. The third kappa shape index (κ3) is 2.73. The SMILES string of the molecule is CNC(c1ccc(OC)cc1OC)c1sccc1OC. The predicted molar refractivity (Wildman–Crippen MR) is 81.3 cm³/mol. The third-order valence-electron chi connectivity index (χ3n) is 3.18. The van der Waals surface area contributed by atoms with Crippen molar-refractivity contribution in [3.63, 3.8) is 0 Å². The van der Waals surface area contributed by atoms with Crippen molar-refractivity contribution in [3.8, 4) is 17.2 Å². The fourth-order valence-electron chi connectivity index (χ4n) is 2.17. The van der Waals surface area contributed by atoms with E-state index in [1.165, 1.54) is 0 Å². The molecule has 108 valence electrons. The maximum Gasteiger partial charge on any atom is 0.134 e. The van der Waals surface area contributed by atoms with Crippen molar-refractivity contribution in [1.29, 1.82) is 0 Å². The van der Waals surface area contributed by atoms with E-state index in [2.05, 4.69) is 5.32 Å². The normalized spacial score (nSPS) is 12.0. The molecule has 0 saturated heterocycles. The molecule has 0 aliphatic heterocycles. The van der Waals surface area contributed by atoms with Crippen LogP contribution < -0.4 is 19.5 Å². The van der Waals surface area contributed by atoms with E-state index in [4.69, 9.17) is 14.2 Å². The molecule has 1 heterocycles. The van der Waals surface area contributed by atoms with Crippen LogP contribution in [-0.4, -0.2) is 28.4 Å². The van der Waals surface area contributed by atoms with E-state index in [1.807, 2.05) is 36.7 Å². The minimum atomic E-state index is 0.0193.